The second kappa shape index (κ2) is 8.60. The lowest BCUT2D eigenvalue weighted by molar-refractivity contribution is -0.233. The van der Waals surface area contributed by atoms with Gasteiger partial charge in [0.15, 0.2) is 0 Å². The highest BCUT2D eigenvalue weighted by Crippen LogP contribution is 2.35. The zero-order chi connectivity index (χ0) is 22.2. The maximum Gasteiger partial charge on any atom is 0.416 e. The number of aromatic nitrogens is 1. The number of nitrogens with zero attached hydrogens (tertiary/aromatic N) is 1. The van der Waals surface area contributed by atoms with Gasteiger partial charge in [-0.1, -0.05) is 19.1 Å². The van der Waals surface area contributed by atoms with Crippen LogP contribution in [0.3, 0.4) is 0 Å². The first-order valence-electron chi connectivity index (χ1n) is 9.49. The Balaban J connectivity index is 1.88. The molecule has 1 saturated heterocycles. The Bertz CT molecular complexity index is 889. The average molecular weight is 427 g/mol. The van der Waals surface area contributed by atoms with Gasteiger partial charge < -0.3 is 25.2 Å². The molecule has 0 saturated carbocycles. The van der Waals surface area contributed by atoms with Crippen molar-refractivity contribution < 1.29 is 38.3 Å². The van der Waals surface area contributed by atoms with Crippen molar-refractivity contribution in [1.29, 1.82) is 0 Å². The molecular weight excluding hydrogens is 403 g/mol. The molecule has 1 aromatic heterocycles. The Morgan fingerprint density at radius 2 is 1.77 bits per heavy atom. The van der Waals surface area contributed by atoms with Crippen molar-refractivity contribution in [3.05, 3.63) is 53.2 Å². The third kappa shape index (κ3) is 4.35. The number of halogens is 3. The molecule has 2 heterocycles. The zero-order valence-electron chi connectivity index (χ0n) is 16.4. The predicted molar refractivity (Wildman–Crippen MR) is 102 cm³/mol. The van der Waals surface area contributed by atoms with E-state index in [-0.39, 0.29) is 5.69 Å². The quantitative estimate of drug-likeness (QED) is 0.596. The van der Waals surface area contributed by atoms with Gasteiger partial charge in [-0.25, -0.2) is 0 Å². The minimum absolute atomic E-state index is 0.181. The fourth-order valence-corrected chi connectivity index (χ4v) is 3.83. The van der Waals surface area contributed by atoms with Crippen LogP contribution in [-0.4, -0.2) is 62.5 Å². The Morgan fingerprint density at radius 3 is 2.37 bits per heavy atom. The number of rotatable bonds is 4. The van der Waals surface area contributed by atoms with Gasteiger partial charge in [-0.3, -0.25) is 4.98 Å². The van der Waals surface area contributed by atoms with Crippen LogP contribution in [0.1, 0.15) is 29.5 Å². The molecule has 0 radical (unpaired) electrons. The molecular formula is C21H24F3NO5. The number of hydrogen-bond acceptors (Lipinski definition) is 6. The van der Waals surface area contributed by atoms with E-state index in [1.165, 1.54) is 0 Å². The molecule has 1 aromatic carbocycles. The Labute approximate surface area is 171 Å². The molecule has 0 aliphatic carbocycles. The summed E-state index contributed by atoms with van der Waals surface area (Å²) in [5, 5.41) is 39.7. The SMILES string of the molecule is Cc1cc(-c2cc(C(F)(F)F)ccn2)ccc1[C@H](C)[C@H]1O[C@H](CO)[C@@H](O)[C@H](O)[C@@H]1O. The summed E-state index contributed by atoms with van der Waals surface area (Å²) in [6.07, 6.45) is -9.55. The van der Waals surface area contributed by atoms with Crippen LogP contribution in [0.4, 0.5) is 13.2 Å². The number of aliphatic hydroxyl groups excluding tert-OH is 4. The van der Waals surface area contributed by atoms with Crippen LogP contribution in [-0.2, 0) is 10.9 Å². The zero-order valence-corrected chi connectivity index (χ0v) is 16.4. The van der Waals surface area contributed by atoms with Crippen LogP contribution in [0.25, 0.3) is 11.3 Å². The van der Waals surface area contributed by atoms with Crippen molar-refractivity contribution in [1.82, 2.24) is 4.98 Å². The summed E-state index contributed by atoms with van der Waals surface area (Å²) >= 11 is 0. The number of aliphatic hydroxyl groups is 4. The van der Waals surface area contributed by atoms with Gasteiger partial charge in [0.2, 0.25) is 0 Å². The van der Waals surface area contributed by atoms with E-state index in [1.807, 2.05) is 0 Å². The summed E-state index contributed by atoms with van der Waals surface area (Å²) in [6, 6.07) is 6.92. The van der Waals surface area contributed by atoms with Crippen LogP contribution >= 0.6 is 0 Å². The van der Waals surface area contributed by atoms with Crippen LogP contribution in [0, 0.1) is 6.92 Å². The summed E-state index contributed by atoms with van der Waals surface area (Å²) in [7, 11) is 0. The highest BCUT2D eigenvalue weighted by atomic mass is 19.4. The van der Waals surface area contributed by atoms with Crippen LogP contribution in [0.5, 0.6) is 0 Å². The number of alkyl halides is 3. The van der Waals surface area contributed by atoms with Crippen molar-refractivity contribution in [2.45, 2.75) is 56.5 Å². The van der Waals surface area contributed by atoms with Gasteiger partial charge in [-0.2, -0.15) is 13.2 Å². The molecule has 0 unspecified atom stereocenters. The van der Waals surface area contributed by atoms with Gasteiger partial charge in [0.05, 0.1) is 24.0 Å². The Hall–Kier alpha value is -2.04. The molecule has 1 fully saturated rings. The first-order chi connectivity index (χ1) is 14.0. The molecule has 2 aromatic rings. The van der Waals surface area contributed by atoms with Crippen LogP contribution in [0.15, 0.2) is 36.5 Å². The summed E-state index contributed by atoms with van der Waals surface area (Å²) in [5.74, 6) is -0.431. The van der Waals surface area contributed by atoms with E-state index in [2.05, 4.69) is 4.98 Å². The van der Waals surface area contributed by atoms with Gasteiger partial charge in [0, 0.05) is 17.7 Å². The summed E-state index contributed by atoms with van der Waals surface area (Å²) in [4.78, 5) is 4.03. The maximum absolute atomic E-state index is 13.0. The van der Waals surface area contributed by atoms with Crippen molar-refractivity contribution in [2.24, 2.45) is 0 Å². The topological polar surface area (TPSA) is 103 Å². The molecule has 164 valence electrons. The minimum Gasteiger partial charge on any atom is -0.394 e. The van der Waals surface area contributed by atoms with Gasteiger partial charge >= 0.3 is 6.18 Å². The lowest BCUT2D eigenvalue weighted by atomic mass is 9.83. The van der Waals surface area contributed by atoms with E-state index in [9.17, 15) is 33.6 Å². The lowest BCUT2D eigenvalue weighted by Crippen LogP contribution is -2.59. The number of pyridine rings is 1. The largest absolute Gasteiger partial charge is 0.416 e. The molecule has 0 bridgehead atoms. The summed E-state index contributed by atoms with van der Waals surface area (Å²) in [5.41, 5.74) is 1.37. The van der Waals surface area contributed by atoms with Crippen molar-refractivity contribution in [3.63, 3.8) is 0 Å². The molecule has 9 heteroatoms. The molecule has 3 rings (SSSR count). The molecule has 0 spiro atoms. The summed E-state index contributed by atoms with van der Waals surface area (Å²) in [6.45, 7) is 3.01. The standard InChI is InChI=1S/C21H24F3NO5/c1-10-7-12(15-8-13(5-6-25-15)21(22,23)24)3-4-14(10)11(2)20-19(29)18(28)17(27)16(9-26)30-20/h3-8,11,16-20,26-29H,9H2,1-2H3/t11-,16+,17+,18-,19-,20+/m0/s1. The van der Waals surface area contributed by atoms with E-state index in [0.29, 0.717) is 5.56 Å². The maximum atomic E-state index is 13.0. The second-order valence-corrected chi connectivity index (χ2v) is 7.58. The van der Waals surface area contributed by atoms with Crippen molar-refractivity contribution in [3.8, 4) is 11.3 Å². The molecule has 0 amide bonds. The van der Waals surface area contributed by atoms with E-state index in [0.717, 1.165) is 29.5 Å². The van der Waals surface area contributed by atoms with Crippen molar-refractivity contribution >= 4 is 0 Å². The van der Waals surface area contributed by atoms with E-state index >= 15 is 0 Å². The lowest BCUT2D eigenvalue weighted by Gasteiger charge is -2.42. The molecule has 1 aliphatic heterocycles. The van der Waals surface area contributed by atoms with Crippen molar-refractivity contribution in [2.75, 3.05) is 6.61 Å². The van der Waals surface area contributed by atoms with Crippen LogP contribution in [0.2, 0.25) is 0 Å². The van der Waals surface area contributed by atoms with Gasteiger partial charge in [0.25, 0.3) is 0 Å². The summed E-state index contributed by atoms with van der Waals surface area (Å²) < 4.78 is 44.5. The number of ether oxygens (including phenoxy) is 1. The fraction of sp³-hybridized carbons (Fsp3) is 0.476. The number of hydrogen-bond donors (Lipinski definition) is 4. The molecule has 6 nitrogen and oxygen atoms in total. The monoisotopic (exact) mass is 427 g/mol. The van der Waals surface area contributed by atoms with Gasteiger partial charge in [0.1, 0.15) is 24.4 Å². The minimum atomic E-state index is -4.47. The molecule has 6 atom stereocenters. The van der Waals surface area contributed by atoms with Crippen LogP contribution < -0.4 is 0 Å². The first kappa shape index (κ1) is 22.6. The third-order valence-electron chi connectivity index (χ3n) is 5.57. The first-order valence-corrected chi connectivity index (χ1v) is 9.49. The Morgan fingerprint density at radius 1 is 1.07 bits per heavy atom. The van der Waals surface area contributed by atoms with E-state index in [4.69, 9.17) is 4.74 Å². The highest BCUT2D eigenvalue weighted by Gasteiger charge is 2.45. The normalized spacial score (nSPS) is 28.4. The molecule has 30 heavy (non-hydrogen) atoms. The predicted octanol–water partition coefficient (Wildman–Crippen LogP) is 2.02. The smallest absolute Gasteiger partial charge is 0.394 e. The van der Waals surface area contributed by atoms with Gasteiger partial charge in [-0.05, 0) is 36.2 Å². The fourth-order valence-electron chi connectivity index (χ4n) is 3.83. The van der Waals surface area contributed by atoms with E-state index in [1.54, 1.807) is 32.0 Å². The van der Waals surface area contributed by atoms with Gasteiger partial charge in [-0.15, -0.1) is 0 Å². The Kier molecular flexibility index (Phi) is 6.49. The third-order valence-corrected chi connectivity index (χ3v) is 5.57. The highest BCUT2D eigenvalue weighted by molar-refractivity contribution is 5.62. The average Bonchev–Trinajstić information content (AvgIpc) is 2.71. The second-order valence-electron chi connectivity index (χ2n) is 7.58. The molecule has 4 N–H and O–H groups in total. The van der Waals surface area contributed by atoms with E-state index < -0.39 is 54.8 Å². The number of aryl methyl sites for hydroxylation is 1. The number of benzene rings is 1. The molecule has 1 aliphatic rings.